The number of aromatic amines is 1. The highest BCUT2D eigenvalue weighted by molar-refractivity contribution is 7.97. The molecule has 3 aromatic rings. The number of hydrogen-bond donors (Lipinski definition) is 2. The molecular weight excluding hydrogens is 334 g/mol. The fourth-order valence-electron chi connectivity index (χ4n) is 2.65. The first-order chi connectivity index (χ1) is 11.9. The van der Waals surface area contributed by atoms with E-state index in [0.29, 0.717) is 11.3 Å². The van der Waals surface area contributed by atoms with Crippen LogP contribution in [0.2, 0.25) is 0 Å². The minimum Gasteiger partial charge on any atom is -0.361 e. The Kier molecular flexibility index (Phi) is 4.34. The van der Waals surface area contributed by atoms with Crippen LogP contribution in [0.3, 0.4) is 0 Å². The van der Waals surface area contributed by atoms with Gasteiger partial charge in [-0.2, -0.15) is 5.26 Å². The Morgan fingerprint density at radius 3 is 2.68 bits per heavy atom. The number of aromatic nitrogens is 1. The van der Waals surface area contributed by atoms with Crippen LogP contribution in [0.15, 0.2) is 53.6 Å². The van der Waals surface area contributed by atoms with Crippen molar-refractivity contribution in [3.8, 4) is 6.07 Å². The third kappa shape index (κ3) is 3.42. The molecule has 0 aliphatic rings. The number of hydrogen-bond acceptors (Lipinski definition) is 3. The molecule has 0 bridgehead atoms. The fraction of sp³-hybridized carbons (Fsp3) is 0.105. The van der Waals surface area contributed by atoms with Crippen molar-refractivity contribution >= 4 is 32.7 Å². The predicted octanol–water partition coefficient (Wildman–Crippen LogP) is 4.09. The monoisotopic (exact) mass is 351 g/mol. The van der Waals surface area contributed by atoms with Crippen LogP contribution in [0, 0.1) is 25.2 Å². The fourth-order valence-corrected chi connectivity index (χ4v) is 3.68. The van der Waals surface area contributed by atoms with Gasteiger partial charge in [0.1, 0.15) is 6.07 Å². The van der Waals surface area contributed by atoms with Gasteiger partial charge in [-0.3, -0.25) is 4.72 Å². The van der Waals surface area contributed by atoms with Crippen molar-refractivity contribution in [2.45, 2.75) is 13.8 Å². The molecule has 0 unspecified atom stereocenters. The zero-order chi connectivity index (χ0) is 18.0. The summed E-state index contributed by atoms with van der Waals surface area (Å²) in [7, 11) is -3.97. The van der Waals surface area contributed by atoms with Crippen molar-refractivity contribution in [1.29, 1.82) is 5.26 Å². The highest BCUT2D eigenvalue weighted by atomic mass is 32.2. The number of aryl methyl sites for hydroxylation is 2. The Hall–Kier alpha value is -3.04. The lowest BCUT2D eigenvalue weighted by Gasteiger charge is -2.10. The summed E-state index contributed by atoms with van der Waals surface area (Å²) in [5.41, 5.74) is 3.83. The molecule has 0 aliphatic carbocycles. The topological polar surface area (TPSA) is 85.8 Å². The van der Waals surface area contributed by atoms with E-state index in [2.05, 4.69) is 9.71 Å². The van der Waals surface area contributed by atoms with Gasteiger partial charge in [0.25, 0.3) is 10.0 Å². The number of anilines is 1. The van der Waals surface area contributed by atoms with Gasteiger partial charge in [-0.1, -0.05) is 35.9 Å². The Morgan fingerprint density at radius 2 is 1.96 bits per heavy atom. The van der Waals surface area contributed by atoms with E-state index in [-0.39, 0.29) is 4.91 Å². The summed E-state index contributed by atoms with van der Waals surface area (Å²) >= 11 is 0. The molecule has 126 valence electrons. The highest BCUT2D eigenvalue weighted by Crippen LogP contribution is 2.24. The summed E-state index contributed by atoms with van der Waals surface area (Å²) < 4.78 is 27.7. The molecule has 0 aliphatic heterocycles. The van der Waals surface area contributed by atoms with Crippen LogP contribution in [0.5, 0.6) is 0 Å². The molecule has 5 nitrogen and oxygen atoms in total. The Balaban J connectivity index is 2.00. The highest BCUT2D eigenvalue weighted by Gasteiger charge is 2.19. The summed E-state index contributed by atoms with van der Waals surface area (Å²) in [6, 6.07) is 14.7. The van der Waals surface area contributed by atoms with Crippen LogP contribution in [0.4, 0.5) is 5.69 Å². The van der Waals surface area contributed by atoms with Crippen molar-refractivity contribution < 1.29 is 8.42 Å². The van der Waals surface area contributed by atoms with E-state index >= 15 is 0 Å². The standard InChI is InChI=1S/C19H17N3O2S/c1-13-7-8-18(14(2)9-13)22-25(23,24)16(11-20)10-15-12-21-19-6-4-3-5-17(15)19/h3-10,12,21-22H,1-2H3. The van der Waals surface area contributed by atoms with Gasteiger partial charge >= 0.3 is 0 Å². The van der Waals surface area contributed by atoms with Crippen LogP contribution in [-0.4, -0.2) is 13.4 Å². The zero-order valence-corrected chi connectivity index (χ0v) is 14.7. The van der Waals surface area contributed by atoms with Gasteiger partial charge in [0.2, 0.25) is 0 Å². The van der Waals surface area contributed by atoms with E-state index in [1.807, 2.05) is 50.2 Å². The van der Waals surface area contributed by atoms with Crippen LogP contribution in [0.25, 0.3) is 17.0 Å². The number of nitrogens with one attached hydrogen (secondary N) is 2. The van der Waals surface area contributed by atoms with Crippen LogP contribution < -0.4 is 4.72 Å². The number of nitrogens with zero attached hydrogens (tertiary/aromatic N) is 1. The van der Waals surface area contributed by atoms with Gasteiger partial charge < -0.3 is 4.98 Å². The lowest BCUT2D eigenvalue weighted by atomic mass is 10.1. The average molecular weight is 351 g/mol. The molecule has 0 radical (unpaired) electrons. The summed E-state index contributed by atoms with van der Waals surface area (Å²) in [4.78, 5) is 2.73. The first-order valence-electron chi connectivity index (χ1n) is 7.69. The second-order valence-corrected chi connectivity index (χ2v) is 7.48. The number of para-hydroxylation sites is 1. The second-order valence-electron chi connectivity index (χ2n) is 5.83. The quantitative estimate of drug-likeness (QED) is 0.694. The van der Waals surface area contributed by atoms with Crippen molar-refractivity contribution in [1.82, 2.24) is 4.98 Å². The zero-order valence-electron chi connectivity index (χ0n) is 13.9. The molecule has 6 heteroatoms. The molecule has 0 amide bonds. The van der Waals surface area contributed by atoms with Gasteiger partial charge in [0, 0.05) is 22.7 Å². The van der Waals surface area contributed by atoms with Crippen LogP contribution >= 0.6 is 0 Å². The number of sulfonamides is 1. The molecule has 3 rings (SSSR count). The molecule has 2 N–H and O–H groups in total. The van der Waals surface area contributed by atoms with Crippen molar-refractivity contribution in [2.24, 2.45) is 0 Å². The van der Waals surface area contributed by atoms with Crippen molar-refractivity contribution in [3.05, 3.63) is 70.3 Å². The molecular formula is C19H17N3O2S. The van der Waals surface area contributed by atoms with E-state index in [1.54, 1.807) is 18.3 Å². The smallest absolute Gasteiger partial charge is 0.272 e. The first kappa shape index (κ1) is 16.8. The SMILES string of the molecule is Cc1ccc(NS(=O)(=O)C(C#N)=Cc2c[nH]c3ccccc23)c(C)c1. The number of rotatable bonds is 4. The van der Waals surface area contributed by atoms with Gasteiger partial charge in [-0.15, -0.1) is 0 Å². The molecule has 2 aromatic carbocycles. The number of nitriles is 1. The van der Waals surface area contributed by atoms with E-state index in [4.69, 9.17) is 0 Å². The van der Waals surface area contributed by atoms with E-state index in [9.17, 15) is 13.7 Å². The number of benzene rings is 2. The minimum absolute atomic E-state index is 0.336. The number of fused-ring (bicyclic) bond motifs is 1. The van der Waals surface area contributed by atoms with Gasteiger partial charge in [0.15, 0.2) is 4.91 Å². The lowest BCUT2D eigenvalue weighted by molar-refractivity contribution is 0.608. The Bertz CT molecular complexity index is 1120. The van der Waals surface area contributed by atoms with Gasteiger partial charge in [0.05, 0.1) is 5.69 Å². The molecule has 0 atom stereocenters. The van der Waals surface area contributed by atoms with Crippen LogP contribution in [0.1, 0.15) is 16.7 Å². The Morgan fingerprint density at radius 1 is 1.20 bits per heavy atom. The summed E-state index contributed by atoms with van der Waals surface area (Å²) in [5, 5.41) is 10.2. The van der Waals surface area contributed by atoms with E-state index in [0.717, 1.165) is 22.0 Å². The summed E-state index contributed by atoms with van der Waals surface area (Å²) in [6.07, 6.45) is 3.07. The minimum atomic E-state index is -3.97. The normalized spacial score (nSPS) is 12.1. The summed E-state index contributed by atoms with van der Waals surface area (Å²) in [5.74, 6) is 0. The first-order valence-corrected chi connectivity index (χ1v) is 9.17. The maximum atomic E-state index is 12.6. The summed E-state index contributed by atoms with van der Waals surface area (Å²) in [6.45, 7) is 3.75. The Labute approximate surface area is 146 Å². The second kappa shape index (κ2) is 6.46. The molecule has 0 fully saturated rings. The van der Waals surface area contributed by atoms with Gasteiger partial charge in [-0.05, 0) is 37.6 Å². The molecule has 0 saturated heterocycles. The number of allylic oxidation sites excluding steroid dienone is 1. The van der Waals surface area contributed by atoms with Crippen molar-refractivity contribution in [3.63, 3.8) is 0 Å². The number of H-pyrrole nitrogens is 1. The molecule has 25 heavy (non-hydrogen) atoms. The molecule has 1 heterocycles. The lowest BCUT2D eigenvalue weighted by Crippen LogP contribution is -2.15. The molecule has 0 saturated carbocycles. The van der Waals surface area contributed by atoms with Gasteiger partial charge in [-0.25, -0.2) is 8.42 Å². The third-order valence-electron chi connectivity index (χ3n) is 3.93. The largest absolute Gasteiger partial charge is 0.361 e. The maximum Gasteiger partial charge on any atom is 0.272 e. The maximum absolute atomic E-state index is 12.6. The molecule has 1 aromatic heterocycles. The van der Waals surface area contributed by atoms with E-state index < -0.39 is 10.0 Å². The third-order valence-corrected chi connectivity index (χ3v) is 5.21. The van der Waals surface area contributed by atoms with E-state index in [1.165, 1.54) is 6.08 Å². The predicted molar refractivity (Wildman–Crippen MR) is 100 cm³/mol. The molecule has 0 spiro atoms. The average Bonchev–Trinajstić information content (AvgIpc) is 2.98. The van der Waals surface area contributed by atoms with Crippen molar-refractivity contribution in [2.75, 3.05) is 4.72 Å². The van der Waals surface area contributed by atoms with Crippen LogP contribution in [-0.2, 0) is 10.0 Å².